The van der Waals surface area contributed by atoms with Crippen LogP contribution in [0.5, 0.6) is 5.75 Å². The smallest absolute Gasteiger partial charge is 0.250 e. The number of likely N-dealkylation sites (N-methyl/N-ethyl adjacent to an activating group) is 1. The van der Waals surface area contributed by atoms with Gasteiger partial charge in [0.05, 0.1) is 0 Å². The number of fused-ring (bicyclic) bond motifs is 1. The molecule has 6 heteroatoms. The summed E-state index contributed by atoms with van der Waals surface area (Å²) >= 11 is 0. The minimum Gasteiger partial charge on any atom is -0.490 e. The molecule has 0 saturated carbocycles. The molecule has 2 heterocycles. The van der Waals surface area contributed by atoms with Crippen LogP contribution >= 0.6 is 0 Å². The normalized spacial score (nSPS) is 16.5. The molecule has 0 radical (unpaired) electrons. The number of β-amino-alcohol motifs (C(OH)–C–C–N with tert-alkyl or cyclic N) is 1. The minimum absolute atomic E-state index is 0.0295. The van der Waals surface area contributed by atoms with E-state index in [2.05, 4.69) is 22.8 Å². The number of aromatic nitrogens is 1. The van der Waals surface area contributed by atoms with Gasteiger partial charge < -0.3 is 19.3 Å². The SMILES string of the molecule is CCN1CCN(CC(O)COc2ccc(-c3ccc(=O)n(C)c3)c3ccccc23)CC1. The van der Waals surface area contributed by atoms with Gasteiger partial charge in [-0.15, -0.1) is 0 Å². The molecule has 6 nitrogen and oxygen atoms in total. The first kappa shape index (κ1) is 21.6. The number of benzene rings is 2. The van der Waals surface area contributed by atoms with Crippen LogP contribution in [0.3, 0.4) is 0 Å². The summed E-state index contributed by atoms with van der Waals surface area (Å²) in [7, 11) is 1.76. The Kier molecular flexibility index (Phi) is 6.70. The quantitative estimate of drug-likeness (QED) is 0.636. The molecule has 0 spiro atoms. The van der Waals surface area contributed by atoms with E-state index in [9.17, 15) is 9.90 Å². The van der Waals surface area contributed by atoms with E-state index in [-0.39, 0.29) is 12.2 Å². The van der Waals surface area contributed by atoms with Crippen molar-refractivity contribution in [3.8, 4) is 16.9 Å². The number of piperazine rings is 1. The molecule has 1 atom stereocenters. The minimum atomic E-state index is -0.532. The molecule has 1 N–H and O–H groups in total. The molecule has 1 aliphatic rings. The molecule has 1 aliphatic heterocycles. The Morgan fingerprint density at radius 3 is 2.39 bits per heavy atom. The maximum atomic E-state index is 11.8. The maximum absolute atomic E-state index is 11.8. The van der Waals surface area contributed by atoms with Gasteiger partial charge in [0.25, 0.3) is 0 Å². The molecule has 164 valence electrons. The van der Waals surface area contributed by atoms with Crippen molar-refractivity contribution in [1.29, 1.82) is 0 Å². The van der Waals surface area contributed by atoms with Crippen LogP contribution in [0.1, 0.15) is 6.92 Å². The van der Waals surface area contributed by atoms with E-state index in [1.165, 1.54) is 0 Å². The van der Waals surface area contributed by atoms with Crippen LogP contribution in [0.25, 0.3) is 21.9 Å². The standard InChI is InChI=1S/C25H31N3O3/c1-3-27-12-14-28(15-13-27)17-20(29)18-31-24-10-9-21(22-6-4-5-7-23(22)24)19-8-11-25(30)26(2)16-19/h4-11,16,20,29H,3,12-15,17-18H2,1-2H3. The highest BCUT2D eigenvalue weighted by molar-refractivity contribution is 6.00. The van der Waals surface area contributed by atoms with Gasteiger partial charge in [-0.05, 0) is 41.3 Å². The number of nitrogens with zero attached hydrogens (tertiary/aromatic N) is 3. The van der Waals surface area contributed by atoms with Crippen LogP contribution in [0.4, 0.5) is 0 Å². The molecule has 1 unspecified atom stereocenters. The number of rotatable bonds is 7. The lowest BCUT2D eigenvalue weighted by atomic mass is 9.99. The number of hydrogen-bond donors (Lipinski definition) is 1. The number of aliphatic hydroxyl groups excluding tert-OH is 1. The number of aliphatic hydroxyl groups is 1. The fraction of sp³-hybridized carbons (Fsp3) is 0.400. The Morgan fingerprint density at radius 2 is 1.68 bits per heavy atom. The van der Waals surface area contributed by atoms with E-state index >= 15 is 0 Å². The van der Waals surface area contributed by atoms with Crippen molar-refractivity contribution in [2.75, 3.05) is 45.9 Å². The zero-order valence-corrected chi connectivity index (χ0v) is 18.3. The van der Waals surface area contributed by atoms with Gasteiger partial charge in [-0.25, -0.2) is 0 Å². The van der Waals surface area contributed by atoms with Gasteiger partial charge in [0.2, 0.25) is 5.56 Å². The molecule has 1 fully saturated rings. The highest BCUT2D eigenvalue weighted by Crippen LogP contribution is 2.34. The van der Waals surface area contributed by atoms with Crippen LogP contribution in [0, 0.1) is 0 Å². The number of aryl methyl sites for hydroxylation is 1. The molecule has 4 rings (SSSR count). The summed E-state index contributed by atoms with van der Waals surface area (Å²) in [6, 6.07) is 15.5. The average Bonchev–Trinajstić information content (AvgIpc) is 2.80. The van der Waals surface area contributed by atoms with Crippen molar-refractivity contribution >= 4 is 10.8 Å². The topological polar surface area (TPSA) is 57.9 Å². The van der Waals surface area contributed by atoms with Crippen molar-refractivity contribution in [2.24, 2.45) is 7.05 Å². The molecular formula is C25H31N3O3. The molecule has 31 heavy (non-hydrogen) atoms. The second-order valence-corrected chi connectivity index (χ2v) is 8.22. The fourth-order valence-electron chi connectivity index (χ4n) is 4.23. The molecule has 0 amide bonds. The summed E-state index contributed by atoms with van der Waals surface area (Å²) in [6.45, 7) is 8.25. The van der Waals surface area contributed by atoms with Crippen molar-refractivity contribution in [3.63, 3.8) is 0 Å². The van der Waals surface area contributed by atoms with Gasteiger partial charge >= 0.3 is 0 Å². The van der Waals surface area contributed by atoms with E-state index < -0.39 is 6.10 Å². The number of ether oxygens (including phenoxy) is 1. The van der Waals surface area contributed by atoms with Gasteiger partial charge in [-0.2, -0.15) is 0 Å². The van der Waals surface area contributed by atoms with E-state index in [0.29, 0.717) is 6.54 Å². The molecule has 1 aromatic heterocycles. The summed E-state index contributed by atoms with van der Waals surface area (Å²) in [4.78, 5) is 16.5. The Morgan fingerprint density at radius 1 is 0.968 bits per heavy atom. The van der Waals surface area contributed by atoms with Crippen molar-refractivity contribution < 1.29 is 9.84 Å². The first-order valence-electron chi connectivity index (χ1n) is 11.0. The van der Waals surface area contributed by atoms with Gasteiger partial charge in [-0.1, -0.05) is 31.2 Å². The highest BCUT2D eigenvalue weighted by Gasteiger charge is 2.19. The summed E-state index contributed by atoms with van der Waals surface area (Å²) in [5.74, 6) is 0.763. The Bertz CT molecular complexity index is 1090. The summed E-state index contributed by atoms with van der Waals surface area (Å²) in [5.41, 5.74) is 2.00. The Hall–Kier alpha value is -2.67. The Balaban J connectivity index is 1.47. The zero-order valence-electron chi connectivity index (χ0n) is 18.3. The number of hydrogen-bond acceptors (Lipinski definition) is 5. The molecule has 1 saturated heterocycles. The van der Waals surface area contributed by atoms with Crippen LogP contribution in [0.15, 0.2) is 59.5 Å². The first-order chi connectivity index (χ1) is 15.0. The van der Waals surface area contributed by atoms with Crippen molar-refractivity contribution in [3.05, 3.63) is 65.1 Å². The van der Waals surface area contributed by atoms with E-state index in [1.807, 2.05) is 42.6 Å². The molecule has 0 aliphatic carbocycles. The lowest BCUT2D eigenvalue weighted by Gasteiger charge is -2.34. The second-order valence-electron chi connectivity index (χ2n) is 8.22. The summed E-state index contributed by atoms with van der Waals surface area (Å²) in [5, 5.41) is 12.6. The van der Waals surface area contributed by atoms with Crippen molar-refractivity contribution in [1.82, 2.24) is 14.4 Å². The van der Waals surface area contributed by atoms with Crippen LogP contribution < -0.4 is 10.3 Å². The fourth-order valence-corrected chi connectivity index (χ4v) is 4.23. The summed E-state index contributed by atoms with van der Waals surface area (Å²) < 4.78 is 7.64. The van der Waals surface area contributed by atoms with E-state index in [0.717, 1.165) is 60.4 Å². The lowest BCUT2D eigenvalue weighted by molar-refractivity contribution is 0.0474. The third-order valence-electron chi connectivity index (χ3n) is 6.09. The monoisotopic (exact) mass is 421 g/mol. The third kappa shape index (κ3) is 4.98. The maximum Gasteiger partial charge on any atom is 0.250 e. The second kappa shape index (κ2) is 9.64. The van der Waals surface area contributed by atoms with Crippen molar-refractivity contribution in [2.45, 2.75) is 13.0 Å². The van der Waals surface area contributed by atoms with E-state index in [4.69, 9.17) is 4.74 Å². The molecule has 3 aromatic rings. The van der Waals surface area contributed by atoms with Crippen LogP contribution in [0.2, 0.25) is 0 Å². The average molecular weight is 422 g/mol. The lowest BCUT2D eigenvalue weighted by Crippen LogP contribution is -2.49. The Labute approximate surface area is 183 Å². The number of pyridine rings is 1. The molecular weight excluding hydrogens is 390 g/mol. The first-order valence-corrected chi connectivity index (χ1v) is 11.0. The predicted molar refractivity (Wildman–Crippen MR) is 125 cm³/mol. The van der Waals surface area contributed by atoms with Gasteiger partial charge in [0, 0.05) is 57.4 Å². The third-order valence-corrected chi connectivity index (χ3v) is 6.09. The summed E-state index contributed by atoms with van der Waals surface area (Å²) in [6.07, 6.45) is 1.32. The molecule has 2 aromatic carbocycles. The van der Waals surface area contributed by atoms with E-state index in [1.54, 1.807) is 17.7 Å². The van der Waals surface area contributed by atoms with Gasteiger partial charge in [-0.3, -0.25) is 9.69 Å². The van der Waals surface area contributed by atoms with Gasteiger partial charge in [0.1, 0.15) is 18.5 Å². The molecule has 0 bridgehead atoms. The zero-order chi connectivity index (χ0) is 21.8. The van der Waals surface area contributed by atoms with Crippen LogP contribution in [-0.2, 0) is 7.05 Å². The van der Waals surface area contributed by atoms with Crippen LogP contribution in [-0.4, -0.2) is 71.5 Å². The predicted octanol–water partition coefficient (Wildman–Crippen LogP) is 2.58. The largest absolute Gasteiger partial charge is 0.490 e. The highest BCUT2D eigenvalue weighted by atomic mass is 16.5. The van der Waals surface area contributed by atoms with Gasteiger partial charge in [0.15, 0.2) is 0 Å².